The Kier molecular flexibility index (Phi) is 6.78. The Bertz CT molecular complexity index is 427. The minimum Gasteiger partial charge on any atom is -0.492 e. The van der Waals surface area contributed by atoms with Crippen molar-refractivity contribution in [2.24, 2.45) is 0 Å². The van der Waals surface area contributed by atoms with Crippen molar-refractivity contribution in [1.29, 1.82) is 0 Å². The largest absolute Gasteiger partial charge is 0.492 e. The van der Waals surface area contributed by atoms with Crippen LogP contribution in [-0.4, -0.2) is 19.7 Å². The van der Waals surface area contributed by atoms with E-state index in [9.17, 15) is 4.79 Å². The minimum absolute atomic E-state index is 0.359. The van der Waals surface area contributed by atoms with Gasteiger partial charge in [-0.05, 0) is 52.8 Å². The van der Waals surface area contributed by atoms with Crippen molar-refractivity contribution >= 4 is 34.6 Å². The predicted molar refractivity (Wildman–Crippen MR) is 80.6 cm³/mol. The van der Waals surface area contributed by atoms with Crippen LogP contribution in [0.15, 0.2) is 24.3 Å². The zero-order valence-electron chi connectivity index (χ0n) is 10.6. The summed E-state index contributed by atoms with van der Waals surface area (Å²) in [6.45, 7) is 2.85. The van der Waals surface area contributed by atoms with E-state index >= 15 is 0 Å². The number of hydrogen-bond acceptors (Lipinski definition) is 3. The molecule has 4 heteroatoms. The molecule has 1 aromatic rings. The standard InChI is InChI=1S/C14H17IO3/c1-3-4-9-18-13-10-11(5-7-12(13)15)6-8-14(16)17-2/h5-8,10H,3-4,9H2,1-2H3/b8-6+. The van der Waals surface area contributed by atoms with Gasteiger partial charge in [-0.25, -0.2) is 4.79 Å². The Balaban J connectivity index is 2.73. The summed E-state index contributed by atoms with van der Waals surface area (Å²) in [5.41, 5.74) is 0.923. The summed E-state index contributed by atoms with van der Waals surface area (Å²) in [4.78, 5) is 11.0. The number of carbonyl (C=O) groups excluding carboxylic acids is 1. The first kappa shape index (κ1) is 15.0. The van der Waals surface area contributed by atoms with Gasteiger partial charge in [-0.15, -0.1) is 0 Å². The number of hydrogen-bond donors (Lipinski definition) is 0. The first-order valence-electron chi connectivity index (χ1n) is 5.85. The number of methoxy groups -OCH3 is 1. The van der Waals surface area contributed by atoms with E-state index in [1.54, 1.807) is 6.08 Å². The number of halogens is 1. The molecule has 18 heavy (non-hydrogen) atoms. The van der Waals surface area contributed by atoms with Crippen LogP contribution in [0.25, 0.3) is 6.08 Å². The van der Waals surface area contributed by atoms with E-state index < -0.39 is 0 Å². The number of carbonyl (C=O) groups is 1. The molecule has 0 fully saturated rings. The molecule has 1 aromatic carbocycles. The number of ether oxygens (including phenoxy) is 2. The van der Waals surface area contributed by atoms with Crippen molar-refractivity contribution < 1.29 is 14.3 Å². The summed E-state index contributed by atoms with van der Waals surface area (Å²) in [6, 6.07) is 5.84. The van der Waals surface area contributed by atoms with Gasteiger partial charge in [0.15, 0.2) is 0 Å². The second kappa shape index (κ2) is 8.13. The molecule has 1 rings (SSSR count). The fourth-order valence-electron chi connectivity index (χ4n) is 1.29. The highest BCUT2D eigenvalue weighted by molar-refractivity contribution is 14.1. The second-order valence-corrected chi connectivity index (χ2v) is 4.91. The number of unbranched alkanes of at least 4 members (excludes halogenated alkanes) is 1. The van der Waals surface area contributed by atoms with Crippen molar-refractivity contribution in [3.63, 3.8) is 0 Å². The van der Waals surface area contributed by atoms with Crippen LogP contribution in [0.4, 0.5) is 0 Å². The molecule has 0 aliphatic carbocycles. The molecule has 0 spiro atoms. The quantitative estimate of drug-likeness (QED) is 0.336. The van der Waals surface area contributed by atoms with Gasteiger partial charge in [0.1, 0.15) is 5.75 Å². The molecule has 0 bridgehead atoms. The van der Waals surface area contributed by atoms with E-state index in [1.807, 2.05) is 18.2 Å². The summed E-state index contributed by atoms with van der Waals surface area (Å²) in [5.74, 6) is 0.498. The second-order valence-electron chi connectivity index (χ2n) is 3.75. The Morgan fingerprint density at radius 3 is 2.89 bits per heavy atom. The van der Waals surface area contributed by atoms with E-state index in [0.29, 0.717) is 0 Å². The Hall–Kier alpha value is -1.04. The fourth-order valence-corrected chi connectivity index (χ4v) is 1.78. The highest BCUT2D eigenvalue weighted by Gasteiger charge is 2.02. The molecule has 0 heterocycles. The lowest BCUT2D eigenvalue weighted by Crippen LogP contribution is -1.98. The van der Waals surface area contributed by atoms with E-state index in [-0.39, 0.29) is 5.97 Å². The molecule has 3 nitrogen and oxygen atoms in total. The summed E-state index contributed by atoms with van der Waals surface area (Å²) in [7, 11) is 1.36. The van der Waals surface area contributed by atoms with Crippen LogP contribution in [0.2, 0.25) is 0 Å². The van der Waals surface area contributed by atoms with Gasteiger partial charge in [0, 0.05) is 6.08 Å². The Labute approximate surface area is 121 Å². The zero-order valence-corrected chi connectivity index (χ0v) is 12.8. The molecule has 0 aromatic heterocycles. The predicted octanol–water partition coefficient (Wildman–Crippen LogP) is 3.66. The monoisotopic (exact) mass is 360 g/mol. The maximum absolute atomic E-state index is 11.0. The fraction of sp³-hybridized carbons (Fsp3) is 0.357. The smallest absolute Gasteiger partial charge is 0.330 e. The third kappa shape index (κ3) is 5.08. The lowest BCUT2D eigenvalue weighted by Gasteiger charge is -2.08. The van der Waals surface area contributed by atoms with Gasteiger partial charge in [-0.3, -0.25) is 0 Å². The van der Waals surface area contributed by atoms with Gasteiger partial charge in [0.25, 0.3) is 0 Å². The lowest BCUT2D eigenvalue weighted by molar-refractivity contribution is -0.134. The molecule has 98 valence electrons. The third-order valence-corrected chi connectivity index (χ3v) is 3.21. The first-order chi connectivity index (χ1) is 8.67. The Morgan fingerprint density at radius 2 is 2.22 bits per heavy atom. The van der Waals surface area contributed by atoms with Crippen LogP contribution in [0.3, 0.4) is 0 Å². The van der Waals surface area contributed by atoms with Gasteiger partial charge in [0.05, 0.1) is 17.3 Å². The highest BCUT2D eigenvalue weighted by atomic mass is 127. The van der Waals surface area contributed by atoms with Crippen LogP contribution in [0.1, 0.15) is 25.3 Å². The van der Waals surface area contributed by atoms with Crippen LogP contribution in [0.5, 0.6) is 5.75 Å². The molecule has 0 saturated carbocycles. The molecule has 0 N–H and O–H groups in total. The van der Waals surface area contributed by atoms with Crippen molar-refractivity contribution in [3.8, 4) is 5.75 Å². The molecule has 0 aliphatic heterocycles. The summed E-state index contributed by atoms with van der Waals surface area (Å²) in [6.07, 6.45) is 5.27. The van der Waals surface area contributed by atoms with Gasteiger partial charge in [-0.1, -0.05) is 19.4 Å². The van der Waals surface area contributed by atoms with E-state index in [0.717, 1.165) is 34.3 Å². The van der Waals surface area contributed by atoms with E-state index in [1.165, 1.54) is 13.2 Å². The molecular weight excluding hydrogens is 343 g/mol. The Morgan fingerprint density at radius 1 is 1.44 bits per heavy atom. The van der Waals surface area contributed by atoms with Crippen LogP contribution < -0.4 is 4.74 Å². The number of esters is 1. The molecule has 0 atom stereocenters. The minimum atomic E-state index is -0.359. The molecule has 0 radical (unpaired) electrons. The van der Waals surface area contributed by atoms with Gasteiger partial charge in [-0.2, -0.15) is 0 Å². The van der Waals surface area contributed by atoms with Gasteiger partial charge in [0.2, 0.25) is 0 Å². The molecule has 0 saturated heterocycles. The lowest BCUT2D eigenvalue weighted by atomic mass is 10.2. The van der Waals surface area contributed by atoms with Crippen LogP contribution >= 0.6 is 22.6 Å². The first-order valence-corrected chi connectivity index (χ1v) is 6.93. The summed E-state index contributed by atoms with van der Waals surface area (Å²) < 4.78 is 11.3. The third-order valence-electron chi connectivity index (χ3n) is 2.32. The van der Waals surface area contributed by atoms with Crippen LogP contribution in [-0.2, 0) is 9.53 Å². The van der Waals surface area contributed by atoms with E-state index in [2.05, 4.69) is 34.3 Å². The normalized spacial score (nSPS) is 10.6. The SMILES string of the molecule is CCCCOc1cc(/C=C/C(=O)OC)ccc1I. The van der Waals surface area contributed by atoms with Gasteiger partial charge < -0.3 is 9.47 Å². The molecule has 0 amide bonds. The maximum Gasteiger partial charge on any atom is 0.330 e. The average Bonchev–Trinajstić information content (AvgIpc) is 2.39. The summed E-state index contributed by atoms with van der Waals surface area (Å²) in [5, 5.41) is 0. The van der Waals surface area contributed by atoms with Crippen molar-refractivity contribution in [2.45, 2.75) is 19.8 Å². The molecule has 0 unspecified atom stereocenters. The average molecular weight is 360 g/mol. The number of benzene rings is 1. The van der Waals surface area contributed by atoms with E-state index in [4.69, 9.17) is 4.74 Å². The van der Waals surface area contributed by atoms with Crippen LogP contribution in [0, 0.1) is 3.57 Å². The molecule has 0 aliphatic rings. The van der Waals surface area contributed by atoms with Gasteiger partial charge >= 0.3 is 5.97 Å². The van der Waals surface area contributed by atoms with Crippen molar-refractivity contribution in [1.82, 2.24) is 0 Å². The van der Waals surface area contributed by atoms with Crippen molar-refractivity contribution in [3.05, 3.63) is 33.4 Å². The number of rotatable bonds is 6. The maximum atomic E-state index is 11.0. The summed E-state index contributed by atoms with van der Waals surface area (Å²) >= 11 is 2.24. The molecular formula is C14H17IO3. The zero-order chi connectivity index (χ0) is 13.4. The topological polar surface area (TPSA) is 35.5 Å². The van der Waals surface area contributed by atoms with Crippen molar-refractivity contribution in [2.75, 3.05) is 13.7 Å². The highest BCUT2D eigenvalue weighted by Crippen LogP contribution is 2.23.